The smallest absolute Gasteiger partial charge is 0.251 e. The molecule has 0 aromatic heterocycles. The van der Waals surface area contributed by atoms with Gasteiger partial charge in [0.25, 0.3) is 5.79 Å². The van der Waals surface area contributed by atoms with Crippen LogP contribution in [-0.2, 0) is 0 Å². The number of nitrogens with zero attached hydrogens (tertiary/aromatic N) is 2. The van der Waals surface area contributed by atoms with Crippen LogP contribution in [0.2, 0.25) is 0 Å². The van der Waals surface area contributed by atoms with Crippen LogP contribution in [-0.4, -0.2) is 42.9 Å². The van der Waals surface area contributed by atoms with E-state index >= 15 is 0 Å². The minimum absolute atomic E-state index is 0.374. The largest absolute Gasteiger partial charge is 0.448 e. The molecule has 0 N–H and O–H groups in total. The van der Waals surface area contributed by atoms with Crippen molar-refractivity contribution in [2.24, 2.45) is 0 Å². The Labute approximate surface area is 157 Å². The van der Waals surface area contributed by atoms with Gasteiger partial charge in [-0.05, 0) is 37.8 Å². The fraction of sp³-hybridized carbons (Fsp3) is 0.727. The lowest BCUT2D eigenvalue weighted by atomic mass is 9.94. The summed E-state index contributed by atoms with van der Waals surface area (Å²) in [4.78, 5) is 5.25. The fourth-order valence-electron chi connectivity index (χ4n) is 5.41. The average molecular weight is 357 g/mol. The van der Waals surface area contributed by atoms with Crippen LogP contribution < -0.4 is 14.4 Å². The van der Waals surface area contributed by atoms with E-state index in [-0.39, 0.29) is 5.79 Å². The van der Waals surface area contributed by atoms with Crippen molar-refractivity contribution in [1.82, 2.24) is 4.90 Å². The number of para-hydroxylation sites is 1. The maximum atomic E-state index is 6.49. The first-order chi connectivity index (χ1) is 12.8. The number of benzene rings is 1. The van der Waals surface area contributed by atoms with Gasteiger partial charge in [-0.15, -0.1) is 0 Å². The van der Waals surface area contributed by atoms with Crippen LogP contribution in [0.1, 0.15) is 64.2 Å². The van der Waals surface area contributed by atoms with E-state index < -0.39 is 0 Å². The van der Waals surface area contributed by atoms with E-state index in [1.165, 1.54) is 70.1 Å². The molecule has 1 spiro atoms. The molecule has 2 aliphatic carbocycles. The summed E-state index contributed by atoms with van der Waals surface area (Å²) in [5, 5.41) is 0. The lowest BCUT2D eigenvalue weighted by Gasteiger charge is -2.41. The Bertz CT molecular complexity index is 627. The Hall–Kier alpha value is -1.42. The Morgan fingerprint density at radius 3 is 2.31 bits per heavy atom. The summed E-state index contributed by atoms with van der Waals surface area (Å²) in [6, 6.07) is 7.27. The van der Waals surface area contributed by atoms with E-state index in [2.05, 4.69) is 28.0 Å². The molecule has 0 amide bonds. The van der Waals surface area contributed by atoms with Crippen molar-refractivity contribution in [3.05, 3.63) is 18.2 Å². The number of hydrogen-bond acceptors (Lipinski definition) is 4. The molecule has 0 bridgehead atoms. The molecule has 2 heterocycles. The monoisotopic (exact) mass is 356 g/mol. The number of fused-ring (bicyclic) bond motifs is 1. The highest BCUT2D eigenvalue weighted by Crippen LogP contribution is 2.50. The number of rotatable bonds is 2. The molecule has 2 saturated carbocycles. The van der Waals surface area contributed by atoms with Gasteiger partial charge in [0.05, 0.1) is 5.69 Å². The molecule has 4 heteroatoms. The maximum absolute atomic E-state index is 6.49. The van der Waals surface area contributed by atoms with Gasteiger partial charge in [-0.25, -0.2) is 0 Å². The summed E-state index contributed by atoms with van der Waals surface area (Å²) >= 11 is 0. The second kappa shape index (κ2) is 6.95. The van der Waals surface area contributed by atoms with Crippen LogP contribution in [0.4, 0.5) is 5.69 Å². The summed E-state index contributed by atoms with van der Waals surface area (Å²) in [7, 11) is 0. The molecule has 26 heavy (non-hydrogen) atoms. The van der Waals surface area contributed by atoms with E-state index in [1.54, 1.807) is 0 Å². The molecule has 142 valence electrons. The van der Waals surface area contributed by atoms with Gasteiger partial charge in [-0.3, -0.25) is 4.90 Å². The maximum Gasteiger partial charge on any atom is 0.251 e. The molecule has 0 radical (unpaired) electrons. The highest BCUT2D eigenvalue weighted by molar-refractivity contribution is 5.66. The van der Waals surface area contributed by atoms with Crippen molar-refractivity contribution in [2.75, 3.05) is 31.1 Å². The van der Waals surface area contributed by atoms with E-state index in [0.29, 0.717) is 0 Å². The zero-order valence-electron chi connectivity index (χ0n) is 15.9. The molecule has 1 saturated heterocycles. The summed E-state index contributed by atoms with van der Waals surface area (Å²) in [5.41, 5.74) is 1.24. The van der Waals surface area contributed by atoms with Crippen LogP contribution >= 0.6 is 0 Å². The first kappa shape index (κ1) is 16.7. The molecule has 2 aliphatic heterocycles. The molecule has 0 atom stereocenters. The van der Waals surface area contributed by atoms with Gasteiger partial charge in [-0.1, -0.05) is 31.7 Å². The predicted molar refractivity (Wildman–Crippen MR) is 104 cm³/mol. The van der Waals surface area contributed by atoms with Crippen LogP contribution in [0.3, 0.4) is 0 Å². The average Bonchev–Trinajstić information content (AvgIpc) is 3.06. The summed E-state index contributed by atoms with van der Waals surface area (Å²) in [5.74, 6) is 1.58. The highest BCUT2D eigenvalue weighted by atomic mass is 16.7. The number of ether oxygens (including phenoxy) is 2. The third-order valence-corrected chi connectivity index (χ3v) is 6.90. The van der Waals surface area contributed by atoms with E-state index in [4.69, 9.17) is 9.47 Å². The van der Waals surface area contributed by atoms with Crippen LogP contribution in [0, 0.1) is 0 Å². The second-order valence-corrected chi connectivity index (χ2v) is 8.59. The van der Waals surface area contributed by atoms with Gasteiger partial charge in [0.15, 0.2) is 11.5 Å². The molecule has 3 fully saturated rings. The van der Waals surface area contributed by atoms with Gasteiger partial charge in [0.2, 0.25) is 0 Å². The molecule has 4 nitrogen and oxygen atoms in total. The van der Waals surface area contributed by atoms with Gasteiger partial charge in [0.1, 0.15) is 0 Å². The minimum Gasteiger partial charge on any atom is -0.448 e. The second-order valence-electron chi connectivity index (χ2n) is 8.59. The van der Waals surface area contributed by atoms with Crippen LogP contribution in [0.15, 0.2) is 18.2 Å². The number of anilines is 1. The summed E-state index contributed by atoms with van der Waals surface area (Å²) in [6.45, 7) is 4.56. The van der Waals surface area contributed by atoms with Crippen LogP contribution in [0.5, 0.6) is 11.5 Å². The normalized spacial score (nSPS) is 26.4. The summed E-state index contributed by atoms with van der Waals surface area (Å²) < 4.78 is 12.8. The Balaban J connectivity index is 1.28. The fourth-order valence-corrected chi connectivity index (χ4v) is 5.41. The number of hydrogen-bond donors (Lipinski definition) is 0. The van der Waals surface area contributed by atoms with Crippen molar-refractivity contribution in [1.29, 1.82) is 0 Å². The molecule has 1 aromatic carbocycles. The molecule has 4 aliphatic rings. The molecule has 1 aromatic rings. The SMILES string of the molecule is c1cc2c(c(N3CCN(C4CCCCC4)CC3)c1)OC1(CCCCC1)O2. The zero-order chi connectivity index (χ0) is 17.4. The molecular formula is C22H32N2O2. The molecule has 5 rings (SSSR count). The number of piperazine rings is 1. The third kappa shape index (κ3) is 3.06. The quantitative estimate of drug-likeness (QED) is 0.775. The van der Waals surface area contributed by atoms with Crippen molar-refractivity contribution in [3.8, 4) is 11.5 Å². The van der Waals surface area contributed by atoms with Gasteiger partial charge in [-0.2, -0.15) is 0 Å². The standard InChI is InChI=1S/C22H32N2O2/c1-3-8-18(9-4-1)23-14-16-24(17-15-23)19-10-7-11-20-21(19)26-22(25-20)12-5-2-6-13-22/h7,10-11,18H,1-6,8-9,12-17H2. The molecular weight excluding hydrogens is 324 g/mol. The van der Waals surface area contributed by atoms with Crippen molar-refractivity contribution >= 4 is 5.69 Å². The predicted octanol–water partition coefficient (Wildman–Crippen LogP) is 4.57. The first-order valence-electron chi connectivity index (χ1n) is 10.8. The lowest BCUT2D eigenvalue weighted by molar-refractivity contribution is -0.105. The van der Waals surface area contributed by atoms with E-state index in [0.717, 1.165) is 43.5 Å². The van der Waals surface area contributed by atoms with Crippen LogP contribution in [0.25, 0.3) is 0 Å². The van der Waals surface area contributed by atoms with Crippen molar-refractivity contribution < 1.29 is 9.47 Å². The lowest BCUT2D eigenvalue weighted by Crippen LogP contribution is -2.51. The highest BCUT2D eigenvalue weighted by Gasteiger charge is 2.44. The van der Waals surface area contributed by atoms with E-state index in [1.807, 2.05) is 0 Å². The Kier molecular flexibility index (Phi) is 4.48. The van der Waals surface area contributed by atoms with Crippen molar-refractivity contribution in [3.63, 3.8) is 0 Å². The minimum atomic E-state index is -0.374. The topological polar surface area (TPSA) is 24.9 Å². The zero-order valence-corrected chi connectivity index (χ0v) is 15.9. The van der Waals surface area contributed by atoms with Crippen molar-refractivity contribution in [2.45, 2.75) is 76.0 Å². The Morgan fingerprint density at radius 1 is 0.808 bits per heavy atom. The Morgan fingerprint density at radius 2 is 1.54 bits per heavy atom. The van der Waals surface area contributed by atoms with Gasteiger partial charge in [0, 0.05) is 45.1 Å². The third-order valence-electron chi connectivity index (χ3n) is 6.90. The molecule has 0 unspecified atom stereocenters. The summed E-state index contributed by atoms with van der Waals surface area (Å²) in [6.07, 6.45) is 12.9. The van der Waals surface area contributed by atoms with Gasteiger partial charge < -0.3 is 14.4 Å². The van der Waals surface area contributed by atoms with E-state index in [9.17, 15) is 0 Å². The van der Waals surface area contributed by atoms with Gasteiger partial charge >= 0.3 is 0 Å². The first-order valence-corrected chi connectivity index (χ1v) is 10.8.